The van der Waals surface area contributed by atoms with E-state index < -0.39 is 6.10 Å². The van der Waals surface area contributed by atoms with Gasteiger partial charge < -0.3 is 5.11 Å². The number of aldehydes is 1. The van der Waals surface area contributed by atoms with E-state index in [1.54, 1.807) is 6.92 Å². The smallest absolute Gasteiger partial charge is 0.178 e. The minimum Gasteiger partial charge on any atom is -0.387 e. The molecule has 3 nitrogen and oxygen atoms in total. The molecule has 0 aliphatic carbocycles. The Morgan fingerprint density at radius 2 is 2.36 bits per heavy atom. The first kappa shape index (κ1) is 8.36. The number of aromatic nitrogens is 1. The molecule has 1 rings (SSSR count). The molecule has 0 radical (unpaired) electrons. The topological polar surface area (TPSA) is 50.2 Å². The zero-order chi connectivity index (χ0) is 8.43. The lowest BCUT2D eigenvalue weighted by molar-refractivity contribution is 0.112. The summed E-state index contributed by atoms with van der Waals surface area (Å²) in [7, 11) is 0. The van der Waals surface area contributed by atoms with E-state index in [1.165, 1.54) is 11.3 Å². The fourth-order valence-electron chi connectivity index (χ4n) is 0.867. The van der Waals surface area contributed by atoms with Crippen LogP contribution in [-0.4, -0.2) is 16.4 Å². The van der Waals surface area contributed by atoms with E-state index in [9.17, 15) is 4.79 Å². The van der Waals surface area contributed by atoms with Gasteiger partial charge in [-0.15, -0.1) is 11.3 Å². The number of carbonyl (C=O) groups is 1. The van der Waals surface area contributed by atoms with E-state index in [0.717, 1.165) is 4.88 Å². The number of aryl methyl sites for hydroxylation is 1. The number of thiazole rings is 1. The fraction of sp³-hybridized carbons (Fsp3) is 0.429. The summed E-state index contributed by atoms with van der Waals surface area (Å²) in [6.45, 7) is 3.48. The summed E-state index contributed by atoms with van der Waals surface area (Å²) >= 11 is 1.30. The summed E-state index contributed by atoms with van der Waals surface area (Å²) < 4.78 is 0. The van der Waals surface area contributed by atoms with Crippen LogP contribution in [0.3, 0.4) is 0 Å². The van der Waals surface area contributed by atoms with Crippen molar-refractivity contribution in [1.82, 2.24) is 4.98 Å². The van der Waals surface area contributed by atoms with Gasteiger partial charge in [0.05, 0.1) is 11.8 Å². The molecule has 1 N–H and O–H groups in total. The second-order valence-electron chi connectivity index (χ2n) is 2.29. The summed E-state index contributed by atoms with van der Waals surface area (Å²) in [5, 5.41) is 9.57. The molecule has 1 aromatic rings. The molecule has 1 heterocycles. The van der Waals surface area contributed by atoms with Gasteiger partial charge in [-0.3, -0.25) is 4.79 Å². The van der Waals surface area contributed by atoms with Crippen molar-refractivity contribution >= 4 is 17.6 Å². The fourth-order valence-corrected chi connectivity index (χ4v) is 1.69. The average Bonchev–Trinajstić information content (AvgIpc) is 2.30. The molecule has 0 saturated heterocycles. The number of carbonyl (C=O) groups excluding carboxylic acids is 1. The molecule has 60 valence electrons. The van der Waals surface area contributed by atoms with Crippen LogP contribution < -0.4 is 0 Å². The van der Waals surface area contributed by atoms with E-state index >= 15 is 0 Å². The van der Waals surface area contributed by atoms with Gasteiger partial charge in [-0.1, -0.05) is 0 Å². The van der Waals surface area contributed by atoms with E-state index in [1.807, 2.05) is 6.92 Å². The van der Waals surface area contributed by atoms with E-state index in [0.29, 0.717) is 17.0 Å². The molecule has 11 heavy (non-hydrogen) atoms. The highest BCUT2D eigenvalue weighted by Gasteiger charge is 2.10. The Hall–Kier alpha value is -0.740. The van der Waals surface area contributed by atoms with Crippen LogP contribution in [0.15, 0.2) is 0 Å². The van der Waals surface area contributed by atoms with E-state index in [2.05, 4.69) is 4.98 Å². The minimum atomic E-state index is -0.583. The molecular weight excluding hydrogens is 162 g/mol. The van der Waals surface area contributed by atoms with Crippen LogP contribution in [0, 0.1) is 6.92 Å². The Bertz CT molecular complexity index is 267. The number of hydrogen-bond donors (Lipinski definition) is 1. The minimum absolute atomic E-state index is 0.429. The number of nitrogens with zero attached hydrogens (tertiary/aromatic N) is 1. The maximum Gasteiger partial charge on any atom is 0.178 e. The summed E-state index contributed by atoms with van der Waals surface area (Å²) in [5.41, 5.74) is 0.608. The highest BCUT2D eigenvalue weighted by atomic mass is 32.1. The highest BCUT2D eigenvalue weighted by molar-refractivity contribution is 7.13. The number of aliphatic hydroxyl groups is 1. The Kier molecular flexibility index (Phi) is 2.36. The summed E-state index contributed by atoms with van der Waals surface area (Å²) in [6.07, 6.45) is 0.115. The molecule has 0 aromatic carbocycles. The maximum atomic E-state index is 10.3. The summed E-state index contributed by atoms with van der Waals surface area (Å²) in [4.78, 5) is 15.1. The van der Waals surface area contributed by atoms with E-state index in [4.69, 9.17) is 5.11 Å². The number of rotatable bonds is 2. The van der Waals surface area contributed by atoms with Gasteiger partial charge in [0.25, 0.3) is 0 Å². The first-order valence-electron chi connectivity index (χ1n) is 3.25. The molecule has 0 aliphatic rings. The lowest BCUT2D eigenvalue weighted by Crippen LogP contribution is -1.93. The molecule has 0 amide bonds. The quantitative estimate of drug-likeness (QED) is 0.683. The zero-order valence-electron chi connectivity index (χ0n) is 6.37. The molecule has 0 spiro atoms. The first-order valence-corrected chi connectivity index (χ1v) is 4.07. The largest absolute Gasteiger partial charge is 0.387 e. The molecule has 0 aliphatic heterocycles. The van der Waals surface area contributed by atoms with Crippen molar-refractivity contribution in [2.75, 3.05) is 0 Å². The molecule has 1 aromatic heterocycles. The molecule has 4 heteroatoms. The van der Waals surface area contributed by atoms with Crippen molar-refractivity contribution in [3.05, 3.63) is 15.6 Å². The third-order valence-electron chi connectivity index (χ3n) is 1.35. The molecular formula is C7H9NO2S. The third-order valence-corrected chi connectivity index (χ3v) is 2.26. The second kappa shape index (κ2) is 3.11. The van der Waals surface area contributed by atoms with Gasteiger partial charge in [-0.05, 0) is 13.8 Å². The van der Waals surface area contributed by atoms with Crippen LogP contribution in [0.25, 0.3) is 0 Å². The van der Waals surface area contributed by atoms with Crippen LogP contribution in [0.4, 0.5) is 0 Å². The Balaban J connectivity index is 3.06. The van der Waals surface area contributed by atoms with Crippen molar-refractivity contribution in [3.63, 3.8) is 0 Å². The van der Waals surface area contributed by atoms with Crippen molar-refractivity contribution in [1.29, 1.82) is 0 Å². The predicted octanol–water partition coefficient (Wildman–Crippen LogP) is 1.32. The Labute approximate surface area is 68.7 Å². The number of aliphatic hydroxyl groups excluding tert-OH is 1. The molecule has 1 unspecified atom stereocenters. The van der Waals surface area contributed by atoms with Crippen LogP contribution >= 0.6 is 11.3 Å². The third kappa shape index (κ3) is 1.64. The summed E-state index contributed by atoms with van der Waals surface area (Å²) in [5.74, 6) is 0. The van der Waals surface area contributed by atoms with Crippen molar-refractivity contribution in [2.45, 2.75) is 20.0 Å². The molecule has 0 bridgehead atoms. The van der Waals surface area contributed by atoms with Gasteiger partial charge >= 0.3 is 0 Å². The Morgan fingerprint density at radius 3 is 2.64 bits per heavy atom. The predicted molar refractivity (Wildman–Crippen MR) is 42.9 cm³/mol. The number of hydrogen-bond acceptors (Lipinski definition) is 4. The maximum absolute atomic E-state index is 10.3. The Morgan fingerprint density at radius 1 is 1.73 bits per heavy atom. The van der Waals surface area contributed by atoms with Gasteiger partial charge in [0.15, 0.2) is 11.3 Å². The van der Waals surface area contributed by atoms with Crippen LogP contribution in [0.2, 0.25) is 0 Å². The lowest BCUT2D eigenvalue weighted by atomic mass is 10.3. The van der Waals surface area contributed by atoms with Crippen molar-refractivity contribution in [3.8, 4) is 0 Å². The SMILES string of the molecule is Cc1sc(C=O)nc1C(C)O. The molecule has 0 saturated carbocycles. The van der Waals surface area contributed by atoms with Gasteiger partial charge in [0.1, 0.15) is 0 Å². The average molecular weight is 171 g/mol. The van der Waals surface area contributed by atoms with Crippen molar-refractivity contribution in [2.24, 2.45) is 0 Å². The van der Waals surface area contributed by atoms with E-state index in [-0.39, 0.29) is 0 Å². The lowest BCUT2D eigenvalue weighted by Gasteiger charge is -1.98. The van der Waals surface area contributed by atoms with Crippen LogP contribution in [0.5, 0.6) is 0 Å². The summed E-state index contributed by atoms with van der Waals surface area (Å²) in [6, 6.07) is 0. The van der Waals surface area contributed by atoms with Crippen LogP contribution in [-0.2, 0) is 0 Å². The normalized spacial score (nSPS) is 13.0. The molecule has 0 fully saturated rings. The first-order chi connectivity index (χ1) is 5.15. The highest BCUT2D eigenvalue weighted by Crippen LogP contribution is 2.21. The van der Waals surface area contributed by atoms with Gasteiger partial charge in [0, 0.05) is 4.88 Å². The van der Waals surface area contributed by atoms with Gasteiger partial charge in [0.2, 0.25) is 0 Å². The standard InChI is InChI=1S/C7H9NO2S/c1-4(10)7-5(2)11-6(3-9)8-7/h3-4,10H,1-2H3. The van der Waals surface area contributed by atoms with Gasteiger partial charge in [-0.25, -0.2) is 4.98 Å². The monoisotopic (exact) mass is 171 g/mol. The van der Waals surface area contributed by atoms with Crippen LogP contribution in [0.1, 0.15) is 33.4 Å². The second-order valence-corrected chi connectivity index (χ2v) is 3.52. The van der Waals surface area contributed by atoms with Crippen molar-refractivity contribution < 1.29 is 9.90 Å². The zero-order valence-corrected chi connectivity index (χ0v) is 7.18. The molecule has 1 atom stereocenters. The van der Waals surface area contributed by atoms with Gasteiger partial charge in [-0.2, -0.15) is 0 Å².